The summed E-state index contributed by atoms with van der Waals surface area (Å²) in [5.41, 5.74) is 0.661. The van der Waals surface area contributed by atoms with E-state index >= 15 is 0 Å². The smallest absolute Gasteiger partial charge is 0.249 e. The van der Waals surface area contributed by atoms with Crippen LogP contribution in [0, 0.1) is 0 Å². The maximum Gasteiger partial charge on any atom is 0.249 e. The minimum absolute atomic E-state index is 0.0696. The Labute approximate surface area is 147 Å². The van der Waals surface area contributed by atoms with Crippen molar-refractivity contribution < 1.29 is 14.3 Å². The van der Waals surface area contributed by atoms with E-state index < -0.39 is 6.04 Å². The average molecular weight is 344 g/mol. The summed E-state index contributed by atoms with van der Waals surface area (Å²) in [6, 6.07) is 6.46. The van der Waals surface area contributed by atoms with Gasteiger partial charge in [0.05, 0.1) is 13.0 Å². The Morgan fingerprint density at radius 3 is 2.68 bits per heavy atom. The Hall–Kier alpha value is -2.57. The molecule has 2 aliphatic heterocycles. The summed E-state index contributed by atoms with van der Waals surface area (Å²) in [5, 5.41) is 5.62. The second kappa shape index (κ2) is 8.00. The predicted molar refractivity (Wildman–Crippen MR) is 95.6 cm³/mol. The fourth-order valence-electron chi connectivity index (χ4n) is 3.02. The van der Waals surface area contributed by atoms with Crippen LogP contribution in [-0.2, 0) is 9.59 Å². The number of rotatable bonds is 4. The zero-order valence-corrected chi connectivity index (χ0v) is 14.5. The second-order valence-corrected chi connectivity index (χ2v) is 6.22. The molecule has 7 heteroatoms. The van der Waals surface area contributed by atoms with Crippen molar-refractivity contribution in [3.63, 3.8) is 0 Å². The fourth-order valence-corrected chi connectivity index (χ4v) is 3.02. The maximum absolute atomic E-state index is 12.5. The minimum atomic E-state index is -0.697. The van der Waals surface area contributed by atoms with E-state index in [9.17, 15) is 9.59 Å². The van der Waals surface area contributed by atoms with Crippen LogP contribution in [0.2, 0.25) is 0 Å². The number of benzene rings is 1. The van der Waals surface area contributed by atoms with Crippen LogP contribution < -0.4 is 15.4 Å². The third-order valence-corrected chi connectivity index (χ3v) is 4.30. The summed E-state index contributed by atoms with van der Waals surface area (Å²) in [5.74, 6) is 0.849. The first-order valence-corrected chi connectivity index (χ1v) is 8.82. The van der Waals surface area contributed by atoms with Crippen molar-refractivity contribution in [2.75, 3.05) is 25.0 Å². The highest BCUT2D eigenvalue weighted by molar-refractivity contribution is 6.05. The van der Waals surface area contributed by atoms with Crippen LogP contribution in [0.25, 0.3) is 0 Å². The Kier molecular flexibility index (Phi) is 5.53. The van der Waals surface area contributed by atoms with Crippen LogP contribution in [0.15, 0.2) is 29.3 Å². The molecule has 0 aromatic heterocycles. The molecule has 1 aromatic rings. The highest BCUT2D eigenvalue weighted by Gasteiger charge is 2.29. The van der Waals surface area contributed by atoms with E-state index in [0.717, 1.165) is 31.7 Å². The average Bonchev–Trinajstić information content (AvgIpc) is 2.64. The van der Waals surface area contributed by atoms with Gasteiger partial charge in [-0.05, 0) is 50.5 Å². The zero-order chi connectivity index (χ0) is 17.6. The first-order chi connectivity index (χ1) is 12.2. The number of anilines is 1. The number of nitrogens with one attached hydrogen (secondary N) is 2. The van der Waals surface area contributed by atoms with E-state index in [-0.39, 0.29) is 18.2 Å². The maximum atomic E-state index is 12.5. The number of likely N-dealkylation sites (tertiary alicyclic amines) is 1. The van der Waals surface area contributed by atoms with Crippen LogP contribution in [0.3, 0.4) is 0 Å². The lowest BCUT2D eigenvalue weighted by molar-refractivity contribution is -0.125. The van der Waals surface area contributed by atoms with Crippen molar-refractivity contribution in [2.24, 2.45) is 4.99 Å². The normalized spacial score (nSPS) is 20.5. The monoisotopic (exact) mass is 344 g/mol. The molecule has 134 valence electrons. The third-order valence-electron chi connectivity index (χ3n) is 4.30. The number of guanidine groups is 1. The zero-order valence-electron chi connectivity index (χ0n) is 14.5. The number of ether oxygens (including phenoxy) is 1. The van der Waals surface area contributed by atoms with Crippen LogP contribution in [0.5, 0.6) is 5.75 Å². The first kappa shape index (κ1) is 17.3. The molecular weight excluding hydrogens is 320 g/mol. The van der Waals surface area contributed by atoms with E-state index in [0.29, 0.717) is 18.3 Å². The molecule has 0 radical (unpaired) electrons. The Morgan fingerprint density at radius 1 is 1.28 bits per heavy atom. The van der Waals surface area contributed by atoms with Gasteiger partial charge in [0.2, 0.25) is 17.8 Å². The van der Waals surface area contributed by atoms with Crippen LogP contribution in [0.1, 0.15) is 32.6 Å². The van der Waals surface area contributed by atoms with Crippen molar-refractivity contribution in [1.82, 2.24) is 10.2 Å². The molecule has 2 N–H and O–H groups in total. The molecule has 0 bridgehead atoms. The largest absolute Gasteiger partial charge is 0.494 e. The lowest BCUT2D eigenvalue weighted by Gasteiger charge is -2.32. The van der Waals surface area contributed by atoms with E-state index in [1.54, 1.807) is 24.3 Å². The number of hydrogen-bond acceptors (Lipinski definition) is 5. The number of carbonyl (C=O) groups excluding carboxylic acids is 2. The Balaban J connectivity index is 1.66. The molecule has 2 heterocycles. The molecule has 0 aliphatic carbocycles. The highest BCUT2D eigenvalue weighted by atomic mass is 16.5. The molecule has 2 aliphatic rings. The number of aliphatic imine (C=N–C) groups is 1. The third kappa shape index (κ3) is 4.49. The van der Waals surface area contributed by atoms with Gasteiger partial charge in [-0.15, -0.1) is 0 Å². The number of piperidine rings is 1. The van der Waals surface area contributed by atoms with Gasteiger partial charge >= 0.3 is 0 Å². The molecule has 1 aromatic carbocycles. The summed E-state index contributed by atoms with van der Waals surface area (Å²) >= 11 is 0. The van der Waals surface area contributed by atoms with Crippen molar-refractivity contribution in [3.8, 4) is 5.75 Å². The number of nitrogens with zero attached hydrogens (tertiary/aromatic N) is 2. The topological polar surface area (TPSA) is 83.0 Å². The molecule has 1 fully saturated rings. The highest BCUT2D eigenvalue weighted by Crippen LogP contribution is 2.18. The molecule has 0 unspecified atom stereocenters. The van der Waals surface area contributed by atoms with E-state index in [2.05, 4.69) is 20.5 Å². The van der Waals surface area contributed by atoms with Gasteiger partial charge in [0.15, 0.2) is 0 Å². The molecule has 1 saturated heterocycles. The summed E-state index contributed by atoms with van der Waals surface area (Å²) in [6.07, 6.45) is 3.43. The van der Waals surface area contributed by atoms with Gasteiger partial charge in [0.1, 0.15) is 11.8 Å². The lowest BCUT2D eigenvalue weighted by atomic mass is 10.1. The van der Waals surface area contributed by atoms with Crippen molar-refractivity contribution >= 4 is 23.5 Å². The molecule has 7 nitrogen and oxygen atoms in total. The van der Waals surface area contributed by atoms with Gasteiger partial charge in [-0.1, -0.05) is 0 Å². The predicted octanol–water partition coefficient (Wildman–Crippen LogP) is 1.75. The quantitative estimate of drug-likeness (QED) is 0.872. The molecule has 2 amide bonds. The SMILES string of the molecule is CCOc1ccc(NC(=O)[C@@H]2CC(=O)NC(N3CCCCC3)=N2)cc1. The number of amides is 2. The molecule has 0 spiro atoms. The van der Waals surface area contributed by atoms with Crippen LogP contribution in [0.4, 0.5) is 5.69 Å². The van der Waals surface area contributed by atoms with Gasteiger partial charge in [-0.25, -0.2) is 4.99 Å². The van der Waals surface area contributed by atoms with Crippen molar-refractivity contribution in [2.45, 2.75) is 38.6 Å². The summed E-state index contributed by atoms with van der Waals surface area (Å²) in [7, 11) is 0. The van der Waals surface area contributed by atoms with Crippen LogP contribution >= 0.6 is 0 Å². The number of carbonyl (C=O) groups is 2. The molecule has 1 atom stereocenters. The molecule has 25 heavy (non-hydrogen) atoms. The first-order valence-electron chi connectivity index (χ1n) is 8.82. The van der Waals surface area contributed by atoms with Gasteiger partial charge in [0, 0.05) is 18.8 Å². The summed E-state index contributed by atoms with van der Waals surface area (Å²) < 4.78 is 5.38. The van der Waals surface area contributed by atoms with Crippen molar-refractivity contribution in [3.05, 3.63) is 24.3 Å². The minimum Gasteiger partial charge on any atom is -0.494 e. The summed E-state index contributed by atoms with van der Waals surface area (Å²) in [4.78, 5) is 31.0. The molecule has 0 saturated carbocycles. The van der Waals surface area contributed by atoms with Gasteiger partial charge in [-0.2, -0.15) is 0 Å². The van der Waals surface area contributed by atoms with Crippen LogP contribution in [-0.4, -0.2) is 48.4 Å². The lowest BCUT2D eigenvalue weighted by Crippen LogP contribution is -2.51. The summed E-state index contributed by atoms with van der Waals surface area (Å²) in [6.45, 7) is 4.25. The number of hydrogen-bond donors (Lipinski definition) is 2. The van der Waals surface area contributed by atoms with E-state index in [1.807, 2.05) is 6.92 Å². The van der Waals surface area contributed by atoms with E-state index in [1.165, 1.54) is 6.42 Å². The molecule has 3 rings (SSSR count). The second-order valence-electron chi connectivity index (χ2n) is 6.22. The fraction of sp³-hybridized carbons (Fsp3) is 0.500. The van der Waals surface area contributed by atoms with Crippen molar-refractivity contribution in [1.29, 1.82) is 0 Å². The molecular formula is C18H24N4O3. The van der Waals surface area contributed by atoms with Gasteiger partial charge < -0.3 is 15.0 Å². The Morgan fingerprint density at radius 2 is 2.00 bits per heavy atom. The van der Waals surface area contributed by atoms with E-state index in [4.69, 9.17) is 4.74 Å². The standard InChI is InChI=1S/C18H24N4O3/c1-2-25-14-8-6-13(7-9-14)19-17(24)15-12-16(23)21-18(20-15)22-10-4-3-5-11-22/h6-9,15H,2-5,10-12H2,1H3,(H,19,24)(H,20,21,23)/t15-/m0/s1. The Bertz CT molecular complexity index is 651. The van der Waals surface area contributed by atoms with Gasteiger partial charge in [0.25, 0.3) is 0 Å². The van der Waals surface area contributed by atoms with Gasteiger partial charge in [-0.3, -0.25) is 14.9 Å².